The standard InChI is InChI=1S/C23H25N5O2/c1-16-21(19-12-24-25-13-19)7-8-22(26-16)28-10-9-27(23(28)29)14-18-3-2-4-20(11-18)30-15-17-5-6-17/h2-4,7-8,11-13,17H,5-6,9-10,14-15H2,1H3,(H,24,25). The second-order valence-electron chi connectivity index (χ2n) is 8.05. The zero-order valence-corrected chi connectivity index (χ0v) is 17.0. The van der Waals surface area contributed by atoms with Crippen molar-refractivity contribution in [3.8, 4) is 16.9 Å². The van der Waals surface area contributed by atoms with Crippen molar-refractivity contribution in [2.75, 3.05) is 24.6 Å². The third-order valence-corrected chi connectivity index (χ3v) is 5.71. The molecule has 5 rings (SSSR count). The van der Waals surface area contributed by atoms with Gasteiger partial charge >= 0.3 is 6.03 Å². The fourth-order valence-corrected chi connectivity index (χ4v) is 3.80. The monoisotopic (exact) mass is 403 g/mol. The molecule has 1 aliphatic carbocycles. The second kappa shape index (κ2) is 7.82. The van der Waals surface area contributed by atoms with E-state index in [9.17, 15) is 4.79 Å². The smallest absolute Gasteiger partial charge is 0.326 e. The first-order valence-corrected chi connectivity index (χ1v) is 10.4. The Morgan fingerprint density at radius 2 is 2.10 bits per heavy atom. The molecule has 154 valence electrons. The van der Waals surface area contributed by atoms with E-state index in [0.717, 1.165) is 40.7 Å². The molecular weight excluding hydrogens is 378 g/mol. The number of anilines is 1. The van der Waals surface area contributed by atoms with Crippen molar-refractivity contribution in [1.82, 2.24) is 20.1 Å². The van der Waals surface area contributed by atoms with E-state index in [4.69, 9.17) is 4.74 Å². The number of pyridine rings is 1. The first kappa shape index (κ1) is 18.7. The van der Waals surface area contributed by atoms with E-state index < -0.39 is 0 Å². The number of amides is 2. The largest absolute Gasteiger partial charge is 0.493 e. The van der Waals surface area contributed by atoms with Crippen molar-refractivity contribution in [3.63, 3.8) is 0 Å². The van der Waals surface area contributed by atoms with Gasteiger partial charge in [0.25, 0.3) is 0 Å². The number of nitrogens with zero attached hydrogens (tertiary/aromatic N) is 4. The maximum absolute atomic E-state index is 13.0. The molecule has 0 spiro atoms. The van der Waals surface area contributed by atoms with Gasteiger partial charge in [-0.15, -0.1) is 0 Å². The molecule has 3 heterocycles. The molecule has 2 fully saturated rings. The molecule has 7 nitrogen and oxygen atoms in total. The average molecular weight is 403 g/mol. The Morgan fingerprint density at radius 3 is 2.87 bits per heavy atom. The minimum atomic E-state index is -0.0118. The van der Waals surface area contributed by atoms with Gasteiger partial charge in [-0.05, 0) is 55.5 Å². The summed E-state index contributed by atoms with van der Waals surface area (Å²) in [5.74, 6) is 2.29. The van der Waals surface area contributed by atoms with Gasteiger partial charge in [-0.1, -0.05) is 12.1 Å². The second-order valence-corrected chi connectivity index (χ2v) is 8.05. The summed E-state index contributed by atoms with van der Waals surface area (Å²) in [7, 11) is 0. The van der Waals surface area contributed by atoms with Crippen molar-refractivity contribution in [3.05, 3.63) is 60.0 Å². The van der Waals surface area contributed by atoms with Gasteiger partial charge in [0.1, 0.15) is 11.6 Å². The summed E-state index contributed by atoms with van der Waals surface area (Å²) in [6.45, 7) is 4.63. The van der Waals surface area contributed by atoms with Crippen molar-refractivity contribution in [2.45, 2.75) is 26.3 Å². The van der Waals surface area contributed by atoms with Crippen LogP contribution < -0.4 is 9.64 Å². The molecular formula is C23H25N5O2. The minimum Gasteiger partial charge on any atom is -0.493 e. The number of carbonyl (C=O) groups excluding carboxylic acids is 1. The summed E-state index contributed by atoms with van der Waals surface area (Å²) in [4.78, 5) is 21.3. The summed E-state index contributed by atoms with van der Waals surface area (Å²) < 4.78 is 5.88. The van der Waals surface area contributed by atoms with Gasteiger partial charge in [0, 0.05) is 42.7 Å². The number of urea groups is 1. The van der Waals surface area contributed by atoms with E-state index in [1.54, 1.807) is 11.1 Å². The van der Waals surface area contributed by atoms with Gasteiger partial charge < -0.3 is 9.64 Å². The molecule has 1 aromatic carbocycles. The number of benzene rings is 1. The van der Waals surface area contributed by atoms with E-state index in [1.807, 2.05) is 54.4 Å². The van der Waals surface area contributed by atoms with Gasteiger partial charge in [0.15, 0.2) is 0 Å². The summed E-state index contributed by atoms with van der Waals surface area (Å²) in [5.41, 5.74) is 3.96. The van der Waals surface area contributed by atoms with Crippen LogP contribution in [-0.4, -0.2) is 45.8 Å². The van der Waals surface area contributed by atoms with Gasteiger partial charge in [0.2, 0.25) is 0 Å². The maximum Gasteiger partial charge on any atom is 0.326 e. The molecule has 1 N–H and O–H groups in total. The van der Waals surface area contributed by atoms with Gasteiger partial charge in [-0.3, -0.25) is 10.00 Å². The number of hydrogen-bond donors (Lipinski definition) is 1. The van der Waals surface area contributed by atoms with E-state index in [1.165, 1.54) is 12.8 Å². The number of hydrogen-bond acceptors (Lipinski definition) is 4. The van der Waals surface area contributed by atoms with Crippen LogP contribution in [0.1, 0.15) is 24.1 Å². The Hall–Kier alpha value is -3.35. The minimum absolute atomic E-state index is 0.0118. The normalized spacial score (nSPS) is 16.4. The fourth-order valence-electron chi connectivity index (χ4n) is 3.80. The number of carbonyl (C=O) groups is 1. The van der Waals surface area contributed by atoms with E-state index in [2.05, 4.69) is 15.2 Å². The molecule has 1 aliphatic heterocycles. The molecule has 0 radical (unpaired) electrons. The molecule has 2 aromatic heterocycles. The highest BCUT2D eigenvalue weighted by Gasteiger charge is 2.30. The highest BCUT2D eigenvalue weighted by atomic mass is 16.5. The lowest BCUT2D eigenvalue weighted by Gasteiger charge is -2.19. The molecule has 1 saturated carbocycles. The highest BCUT2D eigenvalue weighted by Crippen LogP contribution is 2.30. The molecule has 7 heteroatoms. The topological polar surface area (TPSA) is 74.3 Å². The Morgan fingerprint density at radius 1 is 1.20 bits per heavy atom. The molecule has 2 amide bonds. The summed E-state index contributed by atoms with van der Waals surface area (Å²) >= 11 is 0. The first-order chi connectivity index (χ1) is 14.7. The highest BCUT2D eigenvalue weighted by molar-refractivity contribution is 5.93. The zero-order chi connectivity index (χ0) is 20.5. The Kier molecular flexibility index (Phi) is 4.86. The molecule has 30 heavy (non-hydrogen) atoms. The van der Waals surface area contributed by atoms with Crippen LogP contribution in [-0.2, 0) is 6.54 Å². The number of H-pyrrole nitrogens is 1. The lowest BCUT2D eigenvalue weighted by molar-refractivity contribution is 0.218. The Bertz CT molecular complexity index is 1050. The van der Waals surface area contributed by atoms with Crippen molar-refractivity contribution in [2.24, 2.45) is 5.92 Å². The van der Waals surface area contributed by atoms with Crippen LogP contribution in [0.4, 0.5) is 10.6 Å². The van der Waals surface area contributed by atoms with Crippen LogP contribution in [0.25, 0.3) is 11.1 Å². The van der Waals surface area contributed by atoms with E-state index >= 15 is 0 Å². The molecule has 0 unspecified atom stereocenters. The number of nitrogens with one attached hydrogen (secondary N) is 1. The van der Waals surface area contributed by atoms with Crippen LogP contribution >= 0.6 is 0 Å². The van der Waals surface area contributed by atoms with Gasteiger partial charge in [-0.25, -0.2) is 9.78 Å². The average Bonchev–Trinajstić information content (AvgIpc) is 3.29. The van der Waals surface area contributed by atoms with Gasteiger partial charge in [0.05, 0.1) is 12.8 Å². The third kappa shape index (κ3) is 3.87. The number of aryl methyl sites for hydroxylation is 1. The van der Waals surface area contributed by atoms with Crippen LogP contribution in [0.3, 0.4) is 0 Å². The molecule has 2 aliphatic rings. The van der Waals surface area contributed by atoms with Crippen LogP contribution in [0.2, 0.25) is 0 Å². The van der Waals surface area contributed by atoms with Crippen molar-refractivity contribution < 1.29 is 9.53 Å². The maximum atomic E-state index is 13.0. The lowest BCUT2D eigenvalue weighted by atomic mass is 10.1. The summed E-state index contributed by atoms with van der Waals surface area (Å²) in [6.07, 6.45) is 6.16. The molecule has 0 bridgehead atoms. The predicted octanol–water partition coefficient (Wildman–Crippen LogP) is 4.01. The lowest BCUT2D eigenvalue weighted by Crippen LogP contribution is -2.32. The number of aromatic amines is 1. The SMILES string of the molecule is Cc1nc(N2CCN(Cc3cccc(OCC4CC4)c3)C2=O)ccc1-c1cn[nH]c1. The van der Waals surface area contributed by atoms with E-state index in [0.29, 0.717) is 25.5 Å². The first-order valence-electron chi connectivity index (χ1n) is 10.4. The van der Waals surface area contributed by atoms with Crippen molar-refractivity contribution in [1.29, 1.82) is 0 Å². The molecule has 3 aromatic rings. The third-order valence-electron chi connectivity index (χ3n) is 5.71. The molecule has 1 saturated heterocycles. The number of rotatable bonds is 7. The number of aromatic nitrogens is 3. The van der Waals surface area contributed by atoms with Crippen LogP contribution in [0.15, 0.2) is 48.8 Å². The van der Waals surface area contributed by atoms with Crippen LogP contribution in [0.5, 0.6) is 5.75 Å². The van der Waals surface area contributed by atoms with Crippen molar-refractivity contribution >= 4 is 11.8 Å². The Labute approximate surface area is 175 Å². The summed E-state index contributed by atoms with van der Waals surface area (Å²) in [6, 6.07) is 12.0. The van der Waals surface area contributed by atoms with E-state index in [-0.39, 0.29) is 6.03 Å². The zero-order valence-electron chi connectivity index (χ0n) is 17.0. The Balaban J connectivity index is 1.26. The fraction of sp³-hybridized carbons (Fsp3) is 0.348. The quantitative estimate of drug-likeness (QED) is 0.647. The summed E-state index contributed by atoms with van der Waals surface area (Å²) in [5, 5.41) is 6.82. The predicted molar refractivity (Wildman–Crippen MR) is 114 cm³/mol. The number of ether oxygens (including phenoxy) is 1. The molecule has 0 atom stereocenters. The van der Waals surface area contributed by atoms with Gasteiger partial charge in [-0.2, -0.15) is 5.10 Å². The van der Waals surface area contributed by atoms with Crippen LogP contribution in [0, 0.1) is 12.8 Å².